The molecule has 1 rings (SSSR count). The van der Waals surface area contributed by atoms with E-state index in [1.807, 2.05) is 0 Å². The summed E-state index contributed by atoms with van der Waals surface area (Å²) < 4.78 is 10.3. The Bertz CT molecular complexity index is 278. The van der Waals surface area contributed by atoms with Crippen molar-refractivity contribution in [3.05, 3.63) is 34.4 Å². The van der Waals surface area contributed by atoms with Gasteiger partial charge in [-0.2, -0.15) is 0 Å². The predicted molar refractivity (Wildman–Crippen MR) is 57.3 cm³/mol. The molecule has 1 aromatic carbocycles. The van der Waals surface area contributed by atoms with E-state index in [1.54, 1.807) is 14.2 Å². The van der Waals surface area contributed by atoms with Gasteiger partial charge in [0.15, 0.2) is 0 Å². The second-order valence-corrected chi connectivity index (χ2v) is 3.57. The fourth-order valence-electron chi connectivity index (χ4n) is 1.57. The zero-order valence-corrected chi connectivity index (χ0v) is 9.39. The van der Waals surface area contributed by atoms with Gasteiger partial charge in [-0.15, -0.1) is 0 Å². The summed E-state index contributed by atoms with van der Waals surface area (Å²) in [6.07, 6.45) is 0. The van der Waals surface area contributed by atoms with Gasteiger partial charge >= 0.3 is 0 Å². The van der Waals surface area contributed by atoms with Gasteiger partial charge in [0.05, 0.1) is 13.2 Å². The third kappa shape index (κ3) is 2.56. The number of ether oxygens (including phenoxy) is 2. The Morgan fingerprint density at radius 1 is 0.857 bits per heavy atom. The van der Waals surface area contributed by atoms with Gasteiger partial charge in [0.1, 0.15) is 0 Å². The van der Waals surface area contributed by atoms with Crippen LogP contribution < -0.4 is 0 Å². The molecule has 0 radical (unpaired) electrons. The van der Waals surface area contributed by atoms with Crippen molar-refractivity contribution in [1.82, 2.24) is 0 Å². The van der Waals surface area contributed by atoms with Gasteiger partial charge in [0, 0.05) is 14.2 Å². The highest BCUT2D eigenvalue weighted by Gasteiger charge is 2.03. The van der Waals surface area contributed by atoms with E-state index < -0.39 is 0 Å². The fourth-order valence-corrected chi connectivity index (χ4v) is 1.57. The lowest BCUT2D eigenvalue weighted by atomic mass is 10.0. The standard InChI is InChI=1S/C12H18O2/c1-9-5-10(2)12(8-14-4)6-11(9)7-13-3/h5-6H,7-8H2,1-4H3. The first-order valence-electron chi connectivity index (χ1n) is 4.76. The van der Waals surface area contributed by atoms with Gasteiger partial charge in [-0.25, -0.2) is 0 Å². The molecule has 14 heavy (non-hydrogen) atoms. The summed E-state index contributed by atoms with van der Waals surface area (Å²) in [4.78, 5) is 0. The summed E-state index contributed by atoms with van der Waals surface area (Å²) in [6.45, 7) is 5.56. The topological polar surface area (TPSA) is 18.5 Å². The Hall–Kier alpha value is -0.860. The van der Waals surface area contributed by atoms with Crippen LogP contribution in [-0.2, 0) is 22.7 Å². The zero-order chi connectivity index (χ0) is 10.6. The van der Waals surface area contributed by atoms with E-state index in [0.29, 0.717) is 13.2 Å². The first-order chi connectivity index (χ1) is 6.69. The number of benzene rings is 1. The summed E-state index contributed by atoms with van der Waals surface area (Å²) in [5.41, 5.74) is 5.05. The largest absolute Gasteiger partial charge is 0.380 e. The van der Waals surface area contributed by atoms with E-state index in [4.69, 9.17) is 9.47 Å². The van der Waals surface area contributed by atoms with E-state index >= 15 is 0 Å². The molecule has 78 valence electrons. The number of hydrogen-bond donors (Lipinski definition) is 0. The molecule has 2 nitrogen and oxygen atoms in total. The van der Waals surface area contributed by atoms with Crippen molar-refractivity contribution >= 4 is 0 Å². The van der Waals surface area contributed by atoms with Crippen LogP contribution in [0.15, 0.2) is 12.1 Å². The van der Waals surface area contributed by atoms with Crippen molar-refractivity contribution in [2.45, 2.75) is 27.1 Å². The second-order valence-electron chi connectivity index (χ2n) is 3.57. The van der Waals surface area contributed by atoms with E-state index in [-0.39, 0.29) is 0 Å². The van der Waals surface area contributed by atoms with Crippen LogP contribution >= 0.6 is 0 Å². The molecule has 0 fully saturated rings. The van der Waals surface area contributed by atoms with Crippen LogP contribution in [0.25, 0.3) is 0 Å². The minimum absolute atomic E-state index is 0.669. The minimum Gasteiger partial charge on any atom is -0.380 e. The lowest BCUT2D eigenvalue weighted by molar-refractivity contribution is 0.179. The number of rotatable bonds is 4. The van der Waals surface area contributed by atoms with Crippen LogP contribution in [0.2, 0.25) is 0 Å². The average Bonchev–Trinajstić information content (AvgIpc) is 2.14. The molecular weight excluding hydrogens is 176 g/mol. The number of aryl methyl sites for hydroxylation is 2. The van der Waals surface area contributed by atoms with Crippen molar-refractivity contribution in [3.63, 3.8) is 0 Å². The van der Waals surface area contributed by atoms with Crippen LogP contribution in [-0.4, -0.2) is 14.2 Å². The lowest BCUT2D eigenvalue weighted by Gasteiger charge is -2.11. The normalized spacial score (nSPS) is 10.6. The van der Waals surface area contributed by atoms with Crippen molar-refractivity contribution in [1.29, 1.82) is 0 Å². The van der Waals surface area contributed by atoms with Crippen molar-refractivity contribution < 1.29 is 9.47 Å². The predicted octanol–water partition coefficient (Wildman–Crippen LogP) is 2.60. The summed E-state index contributed by atoms with van der Waals surface area (Å²) in [5.74, 6) is 0. The number of methoxy groups -OCH3 is 2. The van der Waals surface area contributed by atoms with Crippen LogP contribution in [0, 0.1) is 13.8 Å². The Labute approximate surface area is 85.8 Å². The molecule has 0 aliphatic carbocycles. The summed E-state index contributed by atoms with van der Waals surface area (Å²) in [5, 5.41) is 0. The first kappa shape index (κ1) is 11.2. The van der Waals surface area contributed by atoms with Crippen molar-refractivity contribution in [2.24, 2.45) is 0 Å². The number of hydrogen-bond acceptors (Lipinski definition) is 2. The molecular formula is C12H18O2. The molecule has 0 heterocycles. The van der Waals surface area contributed by atoms with Gasteiger partial charge in [0.25, 0.3) is 0 Å². The molecule has 0 aliphatic rings. The van der Waals surface area contributed by atoms with Gasteiger partial charge in [-0.05, 0) is 36.1 Å². The summed E-state index contributed by atoms with van der Waals surface area (Å²) in [7, 11) is 3.44. The van der Waals surface area contributed by atoms with Gasteiger partial charge in [0.2, 0.25) is 0 Å². The van der Waals surface area contributed by atoms with Crippen molar-refractivity contribution in [3.8, 4) is 0 Å². The maximum atomic E-state index is 5.14. The summed E-state index contributed by atoms with van der Waals surface area (Å²) in [6, 6.07) is 4.35. The summed E-state index contributed by atoms with van der Waals surface area (Å²) >= 11 is 0. The zero-order valence-electron chi connectivity index (χ0n) is 9.39. The Kier molecular flexibility index (Phi) is 4.11. The maximum absolute atomic E-state index is 5.14. The molecule has 1 aromatic rings. The second kappa shape index (κ2) is 5.13. The molecule has 0 saturated carbocycles. The quantitative estimate of drug-likeness (QED) is 0.733. The highest BCUT2D eigenvalue weighted by atomic mass is 16.5. The lowest BCUT2D eigenvalue weighted by Crippen LogP contribution is -1.98. The van der Waals surface area contributed by atoms with Crippen LogP contribution in [0.3, 0.4) is 0 Å². The van der Waals surface area contributed by atoms with Gasteiger partial charge in [-0.3, -0.25) is 0 Å². The third-order valence-corrected chi connectivity index (χ3v) is 2.39. The first-order valence-corrected chi connectivity index (χ1v) is 4.76. The van der Waals surface area contributed by atoms with E-state index in [0.717, 1.165) is 0 Å². The molecule has 0 aliphatic heterocycles. The average molecular weight is 194 g/mol. The maximum Gasteiger partial charge on any atom is 0.0715 e. The van der Waals surface area contributed by atoms with Crippen molar-refractivity contribution in [2.75, 3.05) is 14.2 Å². The highest BCUT2D eigenvalue weighted by molar-refractivity contribution is 5.36. The Balaban J connectivity index is 3.00. The third-order valence-electron chi connectivity index (χ3n) is 2.39. The molecule has 0 saturated heterocycles. The van der Waals surface area contributed by atoms with Gasteiger partial charge < -0.3 is 9.47 Å². The molecule has 0 bridgehead atoms. The van der Waals surface area contributed by atoms with Crippen LogP contribution in [0.4, 0.5) is 0 Å². The van der Waals surface area contributed by atoms with E-state index in [2.05, 4.69) is 26.0 Å². The highest BCUT2D eigenvalue weighted by Crippen LogP contribution is 2.17. The molecule has 0 unspecified atom stereocenters. The molecule has 0 aromatic heterocycles. The Morgan fingerprint density at radius 3 is 1.64 bits per heavy atom. The molecule has 2 heteroatoms. The molecule has 0 amide bonds. The molecule has 0 atom stereocenters. The SMILES string of the molecule is COCc1cc(COC)c(C)cc1C. The van der Waals surface area contributed by atoms with Crippen LogP contribution in [0.1, 0.15) is 22.3 Å². The fraction of sp³-hybridized carbons (Fsp3) is 0.500. The van der Waals surface area contributed by atoms with Gasteiger partial charge in [-0.1, -0.05) is 12.1 Å². The molecule has 0 N–H and O–H groups in total. The molecule has 0 spiro atoms. The minimum atomic E-state index is 0.669. The van der Waals surface area contributed by atoms with Crippen LogP contribution in [0.5, 0.6) is 0 Å². The van der Waals surface area contributed by atoms with E-state index in [9.17, 15) is 0 Å². The smallest absolute Gasteiger partial charge is 0.0715 e. The Morgan fingerprint density at radius 2 is 1.29 bits per heavy atom. The monoisotopic (exact) mass is 194 g/mol. The van der Waals surface area contributed by atoms with E-state index in [1.165, 1.54) is 22.3 Å².